The molecule has 0 aliphatic carbocycles. The first kappa shape index (κ1) is 15.3. The number of carbonyl (C=O) groups is 1. The van der Waals surface area contributed by atoms with E-state index in [-0.39, 0.29) is 16.3 Å². The summed E-state index contributed by atoms with van der Waals surface area (Å²) in [7, 11) is 4.35. The van der Waals surface area contributed by atoms with Gasteiger partial charge in [0.25, 0.3) is 15.0 Å². The number of aromatic nitrogens is 2. The number of methoxy groups -OCH3 is 1. The lowest BCUT2D eigenvalue weighted by Gasteiger charge is -2.09. The maximum absolute atomic E-state index is 12.0. The average molecular weight is 330 g/mol. The molecule has 9 heteroatoms. The van der Waals surface area contributed by atoms with Gasteiger partial charge in [0.2, 0.25) is 0 Å². The van der Waals surface area contributed by atoms with Crippen LogP contribution in [0.3, 0.4) is 0 Å². The Hall–Kier alpha value is -2.06. The Morgan fingerprint density at radius 1 is 1.43 bits per heavy atom. The molecule has 1 N–H and O–H groups in total. The third-order valence-corrected chi connectivity index (χ3v) is 4.08. The standard InChI is InChI=1S/C12H12ClN3O4S/c1-16-7-14-6-9(16)12(17)15-8-3-4-10(20-2)11(5-8)21(13,18)19/h3-7H,1-2H3,(H,15,17). The number of rotatable bonds is 4. The number of aryl methyl sites for hydroxylation is 1. The molecular formula is C12H12ClN3O4S. The number of amides is 1. The number of anilines is 1. The molecule has 1 aromatic carbocycles. The van der Waals surface area contributed by atoms with E-state index in [2.05, 4.69) is 10.3 Å². The topological polar surface area (TPSA) is 90.3 Å². The van der Waals surface area contributed by atoms with Crippen LogP contribution in [0.15, 0.2) is 35.6 Å². The van der Waals surface area contributed by atoms with Gasteiger partial charge in [0.05, 0.1) is 19.6 Å². The lowest BCUT2D eigenvalue weighted by molar-refractivity contribution is 0.101. The molecule has 1 heterocycles. The van der Waals surface area contributed by atoms with Crippen molar-refractivity contribution < 1.29 is 17.9 Å². The second-order valence-electron chi connectivity index (χ2n) is 4.15. The zero-order valence-electron chi connectivity index (χ0n) is 11.2. The van der Waals surface area contributed by atoms with Crippen molar-refractivity contribution in [2.45, 2.75) is 4.90 Å². The van der Waals surface area contributed by atoms with Gasteiger partial charge in [-0.15, -0.1) is 0 Å². The van der Waals surface area contributed by atoms with Crippen LogP contribution in [0.4, 0.5) is 5.69 Å². The largest absolute Gasteiger partial charge is 0.495 e. The summed E-state index contributed by atoms with van der Waals surface area (Å²) >= 11 is 0. The zero-order valence-corrected chi connectivity index (χ0v) is 12.8. The molecule has 0 fully saturated rings. The van der Waals surface area contributed by atoms with E-state index in [0.717, 1.165) is 0 Å². The van der Waals surface area contributed by atoms with Crippen LogP contribution in [0.2, 0.25) is 0 Å². The Kier molecular flexibility index (Phi) is 4.19. The van der Waals surface area contributed by atoms with Gasteiger partial charge in [-0.25, -0.2) is 13.4 Å². The smallest absolute Gasteiger partial charge is 0.273 e. The molecule has 112 valence electrons. The predicted molar refractivity (Wildman–Crippen MR) is 77.2 cm³/mol. The van der Waals surface area contributed by atoms with Gasteiger partial charge in [0, 0.05) is 23.4 Å². The molecule has 21 heavy (non-hydrogen) atoms. The lowest BCUT2D eigenvalue weighted by atomic mass is 10.3. The number of ether oxygens (including phenoxy) is 1. The van der Waals surface area contributed by atoms with Crippen LogP contribution in [0.5, 0.6) is 5.75 Å². The van der Waals surface area contributed by atoms with Gasteiger partial charge in [-0.05, 0) is 18.2 Å². The molecule has 2 rings (SSSR count). The first-order valence-electron chi connectivity index (χ1n) is 5.73. The van der Waals surface area contributed by atoms with E-state index in [9.17, 15) is 13.2 Å². The van der Waals surface area contributed by atoms with Crippen LogP contribution in [-0.2, 0) is 16.1 Å². The van der Waals surface area contributed by atoms with E-state index in [1.807, 2.05) is 0 Å². The van der Waals surface area contributed by atoms with Crippen LogP contribution >= 0.6 is 10.7 Å². The fraction of sp³-hybridized carbons (Fsp3) is 0.167. The first-order chi connectivity index (χ1) is 9.82. The Balaban J connectivity index is 2.34. The minimum absolute atomic E-state index is 0.100. The number of imidazole rings is 1. The van der Waals surface area contributed by atoms with Gasteiger partial charge in [0.1, 0.15) is 16.3 Å². The van der Waals surface area contributed by atoms with Crippen molar-refractivity contribution >= 4 is 31.3 Å². The van der Waals surface area contributed by atoms with Crippen LogP contribution in [0, 0.1) is 0 Å². The number of hydrogen-bond acceptors (Lipinski definition) is 5. The van der Waals surface area contributed by atoms with Gasteiger partial charge < -0.3 is 14.6 Å². The maximum Gasteiger partial charge on any atom is 0.273 e. The number of nitrogens with one attached hydrogen (secondary N) is 1. The third-order valence-electron chi connectivity index (χ3n) is 2.73. The summed E-state index contributed by atoms with van der Waals surface area (Å²) in [4.78, 5) is 15.6. The molecule has 0 unspecified atom stereocenters. The van der Waals surface area contributed by atoms with Crippen LogP contribution < -0.4 is 10.1 Å². The molecular weight excluding hydrogens is 318 g/mol. The average Bonchev–Trinajstić information content (AvgIpc) is 2.84. The Labute approximate surface area is 125 Å². The van der Waals surface area contributed by atoms with Gasteiger partial charge in [-0.1, -0.05) is 0 Å². The van der Waals surface area contributed by atoms with Crippen molar-refractivity contribution in [1.82, 2.24) is 9.55 Å². The monoisotopic (exact) mass is 329 g/mol. The highest BCUT2D eigenvalue weighted by molar-refractivity contribution is 8.13. The van der Waals surface area contributed by atoms with Crippen molar-refractivity contribution in [3.05, 3.63) is 36.4 Å². The molecule has 1 aromatic heterocycles. The van der Waals surface area contributed by atoms with E-state index in [0.29, 0.717) is 5.69 Å². The van der Waals surface area contributed by atoms with Gasteiger partial charge in [-0.2, -0.15) is 0 Å². The van der Waals surface area contributed by atoms with Crippen molar-refractivity contribution in [3.63, 3.8) is 0 Å². The molecule has 0 aliphatic heterocycles. The number of benzene rings is 1. The number of carbonyl (C=O) groups excluding carboxylic acids is 1. The molecule has 0 aliphatic rings. The van der Waals surface area contributed by atoms with Gasteiger partial charge >= 0.3 is 0 Å². The van der Waals surface area contributed by atoms with E-state index in [4.69, 9.17) is 15.4 Å². The summed E-state index contributed by atoms with van der Waals surface area (Å²) in [6, 6.07) is 4.15. The molecule has 2 aromatic rings. The normalized spacial score (nSPS) is 11.2. The van der Waals surface area contributed by atoms with E-state index in [1.54, 1.807) is 7.05 Å². The molecule has 0 atom stereocenters. The van der Waals surface area contributed by atoms with E-state index in [1.165, 1.54) is 42.4 Å². The van der Waals surface area contributed by atoms with E-state index < -0.39 is 15.0 Å². The van der Waals surface area contributed by atoms with Crippen molar-refractivity contribution in [3.8, 4) is 5.75 Å². The maximum atomic E-state index is 12.0. The predicted octanol–water partition coefficient (Wildman–Crippen LogP) is 1.61. The van der Waals surface area contributed by atoms with Crippen molar-refractivity contribution in [2.75, 3.05) is 12.4 Å². The van der Waals surface area contributed by atoms with Gasteiger partial charge in [-0.3, -0.25) is 4.79 Å². The highest BCUT2D eigenvalue weighted by Crippen LogP contribution is 2.29. The molecule has 0 saturated heterocycles. The molecule has 7 nitrogen and oxygen atoms in total. The zero-order chi connectivity index (χ0) is 15.6. The Morgan fingerprint density at radius 2 is 2.14 bits per heavy atom. The van der Waals surface area contributed by atoms with Crippen LogP contribution in [0.1, 0.15) is 10.5 Å². The van der Waals surface area contributed by atoms with Gasteiger partial charge in [0.15, 0.2) is 0 Å². The summed E-state index contributed by atoms with van der Waals surface area (Å²) in [5.74, 6) is -0.318. The summed E-state index contributed by atoms with van der Waals surface area (Å²) in [6.45, 7) is 0. The highest BCUT2D eigenvalue weighted by Gasteiger charge is 2.18. The van der Waals surface area contributed by atoms with E-state index >= 15 is 0 Å². The summed E-state index contributed by atoms with van der Waals surface area (Å²) in [6.07, 6.45) is 2.88. The minimum atomic E-state index is -3.99. The fourth-order valence-electron chi connectivity index (χ4n) is 1.72. The first-order valence-corrected chi connectivity index (χ1v) is 8.04. The minimum Gasteiger partial charge on any atom is -0.495 e. The lowest BCUT2D eigenvalue weighted by Crippen LogP contribution is -2.15. The van der Waals surface area contributed by atoms with Crippen molar-refractivity contribution in [2.24, 2.45) is 7.05 Å². The molecule has 0 radical (unpaired) electrons. The van der Waals surface area contributed by atoms with Crippen LogP contribution in [0.25, 0.3) is 0 Å². The number of nitrogens with zero attached hydrogens (tertiary/aromatic N) is 2. The quantitative estimate of drug-likeness (QED) is 0.861. The molecule has 0 saturated carbocycles. The second kappa shape index (κ2) is 5.74. The SMILES string of the molecule is COc1ccc(NC(=O)c2cncn2C)cc1S(=O)(=O)Cl. The number of halogens is 1. The third kappa shape index (κ3) is 3.34. The molecule has 1 amide bonds. The second-order valence-corrected chi connectivity index (χ2v) is 6.68. The summed E-state index contributed by atoms with van der Waals surface area (Å²) < 4.78 is 29.5. The highest BCUT2D eigenvalue weighted by atomic mass is 35.7. The fourth-order valence-corrected chi connectivity index (χ4v) is 2.74. The van der Waals surface area contributed by atoms with Crippen LogP contribution in [-0.4, -0.2) is 31.0 Å². The Morgan fingerprint density at radius 3 is 2.67 bits per heavy atom. The summed E-state index contributed by atoms with van der Waals surface area (Å²) in [5.41, 5.74) is 0.613. The Bertz CT molecular complexity index is 786. The summed E-state index contributed by atoms with van der Waals surface area (Å²) in [5, 5.41) is 2.57. The van der Waals surface area contributed by atoms with Crippen molar-refractivity contribution in [1.29, 1.82) is 0 Å². The molecule has 0 bridgehead atoms. The molecule has 0 spiro atoms. The number of hydrogen-bond donors (Lipinski definition) is 1.